The van der Waals surface area contributed by atoms with Crippen molar-refractivity contribution >= 4 is 40.6 Å². The third kappa shape index (κ3) is 38.4. The van der Waals surface area contributed by atoms with Crippen molar-refractivity contribution in [2.24, 2.45) is 0 Å². The number of hydrogen-bond acceptors (Lipinski definition) is 8. The Morgan fingerprint density at radius 1 is 0.518 bits per heavy atom. The fraction of sp³-hybridized carbons (Fsp3) is 0.935. The summed E-state index contributed by atoms with van der Waals surface area (Å²) >= 11 is 2.46. The zero-order chi connectivity index (χ0) is 41.2. The number of ether oxygens (including phenoxy) is 3. The molecule has 9 nitrogen and oxygen atoms in total. The predicted molar refractivity (Wildman–Crippen MR) is 241 cm³/mol. The molecule has 0 heterocycles. The van der Waals surface area contributed by atoms with Gasteiger partial charge >= 0.3 is 18.0 Å². The Balaban J connectivity index is 4.37. The number of carbonyl (C=O) groups is 3. The quantitative estimate of drug-likeness (QED) is 0.0123. The van der Waals surface area contributed by atoms with Gasteiger partial charge in [0.1, 0.15) is 6.10 Å². The van der Waals surface area contributed by atoms with Gasteiger partial charge in [0.15, 0.2) is 0 Å². The molecule has 0 aliphatic carbocycles. The van der Waals surface area contributed by atoms with Gasteiger partial charge in [0.25, 0.3) is 0 Å². The molecule has 0 aromatic carbocycles. The van der Waals surface area contributed by atoms with E-state index in [1.165, 1.54) is 101 Å². The van der Waals surface area contributed by atoms with Crippen LogP contribution in [0.15, 0.2) is 0 Å². The smallest absolute Gasteiger partial charge is 0.433 e. The second kappa shape index (κ2) is 43.4. The van der Waals surface area contributed by atoms with Crippen LogP contribution >= 0.6 is 22.6 Å². The molecule has 1 atom stereocenters. The van der Waals surface area contributed by atoms with Gasteiger partial charge in [0, 0.05) is 12.8 Å². The van der Waals surface area contributed by atoms with Gasteiger partial charge in [-0.15, -0.1) is 0 Å². The molecule has 0 aliphatic heterocycles. The molecule has 1 unspecified atom stereocenters. The van der Waals surface area contributed by atoms with Crippen molar-refractivity contribution in [2.45, 2.75) is 232 Å². The normalized spacial score (nSPS) is 11.9. The van der Waals surface area contributed by atoms with E-state index in [1.807, 2.05) is 0 Å². The zero-order valence-corrected chi connectivity index (χ0v) is 39.0. The van der Waals surface area contributed by atoms with Crippen molar-refractivity contribution in [3.05, 3.63) is 0 Å². The van der Waals surface area contributed by atoms with Gasteiger partial charge in [0.2, 0.25) is 0 Å². The van der Waals surface area contributed by atoms with E-state index in [2.05, 4.69) is 46.1 Å². The lowest BCUT2D eigenvalue weighted by Crippen LogP contribution is -2.33. The number of hydroxylamine groups is 2. The van der Waals surface area contributed by atoms with E-state index >= 15 is 0 Å². The van der Waals surface area contributed by atoms with Crippen LogP contribution in [0.5, 0.6) is 0 Å². The van der Waals surface area contributed by atoms with Crippen molar-refractivity contribution in [1.82, 2.24) is 9.96 Å². The summed E-state index contributed by atoms with van der Waals surface area (Å²) in [6.45, 7) is 8.06. The van der Waals surface area contributed by atoms with Gasteiger partial charge in [-0.25, -0.2) is 4.79 Å². The van der Waals surface area contributed by atoms with Crippen LogP contribution in [0.1, 0.15) is 226 Å². The average molecular weight is 909 g/mol. The highest BCUT2D eigenvalue weighted by molar-refractivity contribution is 14.1. The molecule has 1 amide bonds. The maximum atomic E-state index is 12.8. The third-order valence-electron chi connectivity index (χ3n) is 10.8. The van der Waals surface area contributed by atoms with Gasteiger partial charge in [0.05, 0.1) is 20.3 Å². The van der Waals surface area contributed by atoms with Gasteiger partial charge in [-0.1, -0.05) is 165 Å². The van der Waals surface area contributed by atoms with Crippen molar-refractivity contribution in [2.75, 3.05) is 44.3 Å². The van der Waals surface area contributed by atoms with Crippen LogP contribution in [0.3, 0.4) is 0 Å². The summed E-state index contributed by atoms with van der Waals surface area (Å²) in [5, 5.41) is 10.5. The summed E-state index contributed by atoms with van der Waals surface area (Å²) in [6, 6.07) is 0. The van der Waals surface area contributed by atoms with E-state index in [9.17, 15) is 19.6 Å². The first-order chi connectivity index (χ1) is 27.4. The number of amides is 1. The second-order valence-electron chi connectivity index (χ2n) is 16.1. The van der Waals surface area contributed by atoms with E-state index in [0.717, 1.165) is 122 Å². The number of esters is 2. The van der Waals surface area contributed by atoms with Crippen LogP contribution in [0.25, 0.3) is 0 Å². The molecule has 56 heavy (non-hydrogen) atoms. The summed E-state index contributed by atoms with van der Waals surface area (Å²) in [4.78, 5) is 38.9. The number of methoxy groups -OCH3 is 1. The molecule has 0 radical (unpaired) electrons. The van der Waals surface area contributed by atoms with Crippen molar-refractivity contribution in [3.63, 3.8) is 0 Å². The second-order valence-corrected chi connectivity index (χ2v) is 17.2. The van der Waals surface area contributed by atoms with E-state index in [-0.39, 0.29) is 24.6 Å². The van der Waals surface area contributed by atoms with E-state index in [0.29, 0.717) is 30.9 Å². The van der Waals surface area contributed by atoms with E-state index in [1.54, 1.807) is 0 Å². The Morgan fingerprint density at radius 2 is 0.946 bits per heavy atom. The highest BCUT2D eigenvalue weighted by Gasteiger charge is 2.15. The van der Waals surface area contributed by atoms with Gasteiger partial charge in [-0.05, 0) is 94.7 Å². The van der Waals surface area contributed by atoms with Gasteiger partial charge < -0.3 is 19.1 Å². The topological polar surface area (TPSA) is 106 Å². The largest absolute Gasteiger partial charge is 0.466 e. The molecule has 0 bridgehead atoms. The highest BCUT2D eigenvalue weighted by atomic mass is 127. The minimum atomic E-state index is -0.729. The SMILES string of the molecule is CCCCCCCCCOC(=O)CCCCCCCN(CCCCCCCC(=O)OC(CCCCCCCC)CCCCCCCI)CCCN(O)C(=O)OC. The van der Waals surface area contributed by atoms with Gasteiger partial charge in [-0.2, -0.15) is 5.06 Å². The molecular weight excluding hydrogens is 819 g/mol. The standard InChI is InChI=1S/C46H89IN2O7/c1-4-6-8-10-12-23-31-42-55-44(50)35-26-18-14-21-29-38-48(40-32-41-49(53)46(52)54-3)39-30-22-15-19-27-36-45(51)56-43(33-24-16-11-9-7-5-2)34-25-17-13-20-28-37-47/h43,53H,4-42H2,1-3H3. The van der Waals surface area contributed by atoms with Crippen LogP contribution in [0.4, 0.5) is 4.79 Å². The fourth-order valence-electron chi connectivity index (χ4n) is 7.22. The monoisotopic (exact) mass is 909 g/mol. The number of nitrogens with zero attached hydrogens (tertiary/aromatic N) is 2. The van der Waals surface area contributed by atoms with Crippen LogP contribution in [-0.2, 0) is 23.8 Å². The summed E-state index contributed by atoms with van der Waals surface area (Å²) in [5.74, 6) is -0.0706. The number of alkyl halides is 1. The Kier molecular flexibility index (Phi) is 42.6. The lowest BCUT2D eigenvalue weighted by atomic mass is 10.0. The lowest BCUT2D eigenvalue weighted by molar-refractivity contribution is -0.150. The molecule has 0 aromatic rings. The number of carbonyl (C=O) groups excluding carboxylic acids is 3. The number of hydrogen-bond donors (Lipinski definition) is 1. The number of rotatable bonds is 43. The summed E-state index contributed by atoms with van der Waals surface area (Å²) < 4.78 is 17.3. The first-order valence-electron chi connectivity index (χ1n) is 23.6. The Morgan fingerprint density at radius 3 is 1.46 bits per heavy atom. The van der Waals surface area contributed by atoms with Crippen molar-refractivity contribution < 1.29 is 33.8 Å². The zero-order valence-electron chi connectivity index (χ0n) is 36.8. The summed E-state index contributed by atoms with van der Waals surface area (Å²) in [6.07, 6.45) is 36.0. The number of halogens is 1. The molecule has 332 valence electrons. The lowest BCUT2D eigenvalue weighted by Gasteiger charge is -2.23. The van der Waals surface area contributed by atoms with E-state index in [4.69, 9.17) is 9.47 Å². The maximum Gasteiger partial charge on any atom is 0.433 e. The molecule has 0 aliphatic rings. The average Bonchev–Trinajstić information content (AvgIpc) is 3.19. The first kappa shape index (κ1) is 54.9. The first-order valence-corrected chi connectivity index (χ1v) is 25.1. The summed E-state index contributed by atoms with van der Waals surface area (Å²) in [5.41, 5.74) is 0. The third-order valence-corrected chi connectivity index (χ3v) is 11.6. The summed E-state index contributed by atoms with van der Waals surface area (Å²) in [7, 11) is 1.27. The van der Waals surface area contributed by atoms with Crippen LogP contribution in [0, 0.1) is 0 Å². The Bertz CT molecular complexity index is 864. The fourth-order valence-corrected chi connectivity index (χ4v) is 7.76. The van der Waals surface area contributed by atoms with Gasteiger partial charge in [-0.3, -0.25) is 14.8 Å². The molecule has 1 N–H and O–H groups in total. The molecule has 0 aromatic heterocycles. The molecule has 10 heteroatoms. The minimum Gasteiger partial charge on any atom is -0.466 e. The molecule has 0 saturated carbocycles. The maximum absolute atomic E-state index is 12.8. The Hall–Kier alpha value is -1.14. The number of unbranched alkanes of at least 4 members (excludes halogenated alkanes) is 23. The molecule has 0 rings (SSSR count). The molecular formula is C46H89IN2O7. The van der Waals surface area contributed by atoms with E-state index < -0.39 is 6.09 Å². The highest BCUT2D eigenvalue weighted by Crippen LogP contribution is 2.19. The molecule has 0 spiro atoms. The minimum absolute atomic E-state index is 0.0133. The predicted octanol–water partition coefficient (Wildman–Crippen LogP) is 13.5. The van der Waals surface area contributed by atoms with Crippen LogP contribution < -0.4 is 0 Å². The van der Waals surface area contributed by atoms with Crippen LogP contribution in [-0.4, -0.2) is 83.6 Å². The van der Waals surface area contributed by atoms with Crippen molar-refractivity contribution in [3.8, 4) is 0 Å². The van der Waals surface area contributed by atoms with Crippen LogP contribution in [0.2, 0.25) is 0 Å². The molecule has 0 saturated heterocycles. The molecule has 0 fully saturated rings. The Labute approximate surface area is 359 Å². The van der Waals surface area contributed by atoms with Crippen molar-refractivity contribution in [1.29, 1.82) is 0 Å².